The van der Waals surface area contributed by atoms with Crippen LogP contribution >= 0.6 is 0 Å². The topological polar surface area (TPSA) is 82.4 Å². The first-order valence-electron chi connectivity index (χ1n) is 7.61. The molecule has 0 saturated heterocycles. The number of carbonyl (C=O) groups is 1. The number of hydrogen-bond donors (Lipinski definition) is 0. The summed E-state index contributed by atoms with van der Waals surface area (Å²) in [5.74, 6) is -0.00556. The predicted octanol–water partition coefficient (Wildman–Crippen LogP) is 1.63. The van der Waals surface area contributed by atoms with E-state index in [9.17, 15) is 9.59 Å². The van der Waals surface area contributed by atoms with Gasteiger partial charge >= 0.3 is 0 Å². The lowest BCUT2D eigenvalue weighted by Gasteiger charge is -2.07. The van der Waals surface area contributed by atoms with Gasteiger partial charge in [0.05, 0.1) is 5.56 Å². The molecule has 0 aliphatic heterocycles. The molecule has 0 unspecified atom stereocenters. The Hall–Kier alpha value is -2.96. The van der Waals surface area contributed by atoms with Crippen molar-refractivity contribution in [3.8, 4) is 0 Å². The molecular weight excluding hydrogens is 308 g/mol. The normalized spacial score (nSPS) is 12.3. The first-order valence-corrected chi connectivity index (χ1v) is 7.61. The highest BCUT2D eigenvalue weighted by atomic mass is 16.3. The Morgan fingerprint density at radius 2 is 2.08 bits per heavy atom. The molecule has 0 saturated carbocycles. The Balaban J connectivity index is 2.31. The fourth-order valence-corrected chi connectivity index (χ4v) is 2.54. The highest BCUT2D eigenvalue weighted by Crippen LogP contribution is 2.21. The van der Waals surface area contributed by atoms with Gasteiger partial charge in [0.2, 0.25) is 5.71 Å². The third-order valence-electron chi connectivity index (χ3n) is 3.61. The summed E-state index contributed by atoms with van der Waals surface area (Å²) < 4.78 is 8.25. The molecule has 0 amide bonds. The molecule has 0 aliphatic carbocycles. The fraction of sp³-hybridized carbons (Fsp3) is 0.294. The second-order valence-electron chi connectivity index (χ2n) is 5.83. The van der Waals surface area contributed by atoms with E-state index in [1.165, 1.54) is 15.5 Å². The van der Waals surface area contributed by atoms with E-state index in [-0.39, 0.29) is 34.2 Å². The zero-order chi connectivity index (χ0) is 17.4. The molecule has 3 rings (SSSR count). The first kappa shape index (κ1) is 15.9. The fourth-order valence-electron chi connectivity index (χ4n) is 2.54. The molecule has 24 heavy (non-hydrogen) atoms. The van der Waals surface area contributed by atoms with Crippen molar-refractivity contribution in [1.82, 2.24) is 14.1 Å². The summed E-state index contributed by atoms with van der Waals surface area (Å²) in [4.78, 5) is 34.0. The maximum absolute atomic E-state index is 13.1. The summed E-state index contributed by atoms with van der Waals surface area (Å²) in [5, 5.41) is 0.189. The summed E-state index contributed by atoms with van der Waals surface area (Å²) in [7, 11) is 1.58. The lowest BCUT2D eigenvalue weighted by atomic mass is 10.1. The van der Waals surface area contributed by atoms with Crippen LogP contribution in [0.25, 0.3) is 11.1 Å². The second-order valence-corrected chi connectivity index (χ2v) is 5.83. The molecule has 3 aromatic heterocycles. The van der Waals surface area contributed by atoms with Gasteiger partial charge < -0.3 is 8.98 Å². The molecular formula is C17H18N4O3. The van der Waals surface area contributed by atoms with Crippen molar-refractivity contribution in [2.75, 3.05) is 0 Å². The van der Waals surface area contributed by atoms with E-state index in [1.807, 2.05) is 19.9 Å². The van der Waals surface area contributed by atoms with Crippen LogP contribution in [0.1, 0.15) is 30.0 Å². The zero-order valence-electron chi connectivity index (χ0n) is 14.0. The number of nitrogens with zero attached hydrogens (tertiary/aromatic N) is 4. The van der Waals surface area contributed by atoms with Crippen molar-refractivity contribution < 1.29 is 9.21 Å². The average molecular weight is 326 g/mol. The van der Waals surface area contributed by atoms with Crippen molar-refractivity contribution in [2.45, 2.75) is 26.8 Å². The maximum Gasteiger partial charge on any atom is 0.267 e. The number of aryl methyl sites for hydroxylation is 2. The number of aromatic nitrogens is 3. The van der Waals surface area contributed by atoms with Crippen LogP contribution in [-0.2, 0) is 7.05 Å². The van der Waals surface area contributed by atoms with E-state index in [0.29, 0.717) is 11.2 Å². The Morgan fingerprint density at radius 3 is 2.79 bits per heavy atom. The number of furan rings is 1. The van der Waals surface area contributed by atoms with Gasteiger partial charge in [-0.15, -0.1) is 0 Å². The monoisotopic (exact) mass is 326 g/mol. The third-order valence-corrected chi connectivity index (χ3v) is 3.61. The van der Waals surface area contributed by atoms with Crippen molar-refractivity contribution in [3.63, 3.8) is 0 Å². The number of rotatable bonds is 2. The number of fused-ring (bicyclic) bond motifs is 1. The number of carbonyl (C=O) groups excluding carboxylic acids is 1. The Kier molecular flexibility index (Phi) is 3.92. The molecule has 0 radical (unpaired) electrons. The van der Waals surface area contributed by atoms with E-state index in [4.69, 9.17) is 4.42 Å². The Bertz CT molecular complexity index is 1050. The Labute approximate surface area is 137 Å². The molecule has 7 heteroatoms. The average Bonchev–Trinajstić information content (AvgIpc) is 2.87. The van der Waals surface area contributed by atoms with Crippen LogP contribution in [0.2, 0.25) is 0 Å². The van der Waals surface area contributed by atoms with Gasteiger partial charge in [0.15, 0.2) is 0 Å². The van der Waals surface area contributed by atoms with Gasteiger partial charge in [0.25, 0.3) is 11.5 Å². The standard InChI is InChI=1S/C17H18N4O3/c1-10(2)19-12-7-5-6-8-21(12)17(23)13-11(3)24-15-14(13)16(22)20(4)9-18-15/h5-10H,1-4H3. The quantitative estimate of drug-likeness (QED) is 0.717. The molecule has 0 bridgehead atoms. The van der Waals surface area contributed by atoms with Gasteiger partial charge in [-0.1, -0.05) is 6.07 Å². The number of hydrogen-bond acceptors (Lipinski definition) is 5. The summed E-state index contributed by atoms with van der Waals surface area (Å²) in [6.07, 6.45) is 3.00. The van der Waals surface area contributed by atoms with Crippen LogP contribution < -0.4 is 11.0 Å². The second kappa shape index (κ2) is 5.92. The molecule has 0 spiro atoms. The van der Waals surface area contributed by atoms with Crippen molar-refractivity contribution >= 4 is 17.0 Å². The minimum Gasteiger partial charge on any atom is -0.442 e. The minimum absolute atomic E-state index is 0.0307. The van der Waals surface area contributed by atoms with E-state index in [0.717, 1.165) is 0 Å². The first-order chi connectivity index (χ1) is 11.4. The highest BCUT2D eigenvalue weighted by Gasteiger charge is 2.23. The van der Waals surface area contributed by atoms with Crippen LogP contribution in [0.3, 0.4) is 0 Å². The SMILES string of the molecule is Cc1oc2ncn(C)c(=O)c2c1C(=O)n1ccccc1=NC(C)C. The molecule has 3 aromatic rings. The predicted molar refractivity (Wildman–Crippen MR) is 88.8 cm³/mol. The summed E-state index contributed by atoms with van der Waals surface area (Å²) in [6, 6.07) is 5.34. The van der Waals surface area contributed by atoms with Gasteiger partial charge in [0, 0.05) is 19.3 Å². The summed E-state index contributed by atoms with van der Waals surface area (Å²) in [5.41, 5.74) is 0.582. The van der Waals surface area contributed by atoms with Crippen LogP contribution in [0.5, 0.6) is 0 Å². The van der Waals surface area contributed by atoms with E-state index in [2.05, 4.69) is 9.98 Å². The van der Waals surface area contributed by atoms with Gasteiger partial charge in [-0.2, -0.15) is 0 Å². The lowest BCUT2D eigenvalue weighted by Crippen LogP contribution is -2.29. The molecule has 3 heterocycles. The molecule has 0 atom stereocenters. The Morgan fingerprint density at radius 1 is 1.33 bits per heavy atom. The number of pyridine rings is 1. The van der Waals surface area contributed by atoms with Crippen molar-refractivity contribution in [3.05, 3.63) is 57.9 Å². The summed E-state index contributed by atoms with van der Waals surface area (Å²) in [6.45, 7) is 5.51. The summed E-state index contributed by atoms with van der Waals surface area (Å²) >= 11 is 0. The van der Waals surface area contributed by atoms with Gasteiger partial charge in [-0.25, -0.2) is 4.98 Å². The molecule has 7 nitrogen and oxygen atoms in total. The van der Waals surface area contributed by atoms with Crippen LogP contribution in [0.15, 0.2) is 44.9 Å². The van der Waals surface area contributed by atoms with Crippen LogP contribution in [0.4, 0.5) is 0 Å². The van der Waals surface area contributed by atoms with Crippen LogP contribution in [0, 0.1) is 6.92 Å². The van der Waals surface area contributed by atoms with E-state index >= 15 is 0 Å². The van der Waals surface area contributed by atoms with Gasteiger partial charge in [0.1, 0.15) is 23.0 Å². The minimum atomic E-state index is -0.364. The maximum atomic E-state index is 13.1. The largest absolute Gasteiger partial charge is 0.442 e. The van der Waals surface area contributed by atoms with Crippen molar-refractivity contribution in [2.24, 2.45) is 12.0 Å². The van der Waals surface area contributed by atoms with Crippen LogP contribution in [-0.4, -0.2) is 26.1 Å². The van der Waals surface area contributed by atoms with Gasteiger partial charge in [-0.3, -0.25) is 19.1 Å². The highest BCUT2D eigenvalue weighted by molar-refractivity contribution is 6.07. The van der Waals surface area contributed by atoms with Gasteiger partial charge in [-0.05, 0) is 32.9 Å². The molecule has 0 N–H and O–H groups in total. The molecule has 0 aromatic carbocycles. The zero-order valence-corrected chi connectivity index (χ0v) is 14.0. The lowest BCUT2D eigenvalue weighted by molar-refractivity contribution is 0.0954. The smallest absolute Gasteiger partial charge is 0.267 e. The van der Waals surface area contributed by atoms with E-state index in [1.54, 1.807) is 32.3 Å². The van der Waals surface area contributed by atoms with E-state index < -0.39 is 0 Å². The molecule has 124 valence electrons. The van der Waals surface area contributed by atoms with Crippen molar-refractivity contribution in [1.29, 1.82) is 0 Å². The molecule has 0 aliphatic rings. The molecule has 0 fully saturated rings. The third kappa shape index (κ3) is 2.58.